The molecule has 1 aromatic carbocycles. The lowest BCUT2D eigenvalue weighted by atomic mass is 9.96. The van der Waals surface area contributed by atoms with Crippen LogP contribution >= 0.6 is 11.6 Å². The fourth-order valence-corrected chi connectivity index (χ4v) is 3.85. The van der Waals surface area contributed by atoms with E-state index in [1.807, 2.05) is 12.1 Å². The maximum atomic E-state index is 5.99. The Morgan fingerprint density at radius 3 is 2.37 bits per heavy atom. The van der Waals surface area contributed by atoms with E-state index >= 15 is 0 Å². The molecule has 0 saturated carbocycles. The van der Waals surface area contributed by atoms with Gasteiger partial charge >= 0.3 is 0 Å². The summed E-state index contributed by atoms with van der Waals surface area (Å²) in [4.78, 5) is 2.64. The Balaban J connectivity index is 1.71. The average molecular weight is 279 g/mol. The molecule has 1 N–H and O–H groups in total. The average Bonchev–Trinajstić information content (AvgIpc) is 2.69. The third-order valence-corrected chi connectivity index (χ3v) is 4.79. The molecule has 2 nitrogen and oxygen atoms in total. The number of rotatable bonds is 4. The van der Waals surface area contributed by atoms with Gasteiger partial charge < -0.3 is 10.2 Å². The first kappa shape index (κ1) is 13.3. The molecule has 19 heavy (non-hydrogen) atoms. The van der Waals surface area contributed by atoms with Crippen molar-refractivity contribution in [2.75, 3.05) is 11.4 Å². The quantitative estimate of drug-likeness (QED) is 0.900. The zero-order chi connectivity index (χ0) is 13.2. The third-order valence-electron chi connectivity index (χ3n) is 4.54. The van der Waals surface area contributed by atoms with E-state index in [4.69, 9.17) is 11.6 Å². The van der Waals surface area contributed by atoms with Crippen molar-refractivity contribution in [1.29, 1.82) is 0 Å². The standard InChI is InChI=1S/C16H23ClN2/c1-2-9-18-13-10-15-7-8-16(11-13)19(15)14-5-3-12(17)4-6-14/h3-6,13,15-16,18H,2,7-11H2,1H3. The molecule has 0 radical (unpaired) electrons. The van der Waals surface area contributed by atoms with E-state index in [1.54, 1.807) is 0 Å². The molecule has 2 aliphatic rings. The van der Waals surface area contributed by atoms with Crippen molar-refractivity contribution in [2.45, 2.75) is 57.2 Å². The summed E-state index contributed by atoms with van der Waals surface area (Å²) in [6.07, 6.45) is 6.50. The second kappa shape index (κ2) is 5.72. The molecular weight excluding hydrogens is 256 g/mol. The van der Waals surface area contributed by atoms with Gasteiger partial charge in [-0.15, -0.1) is 0 Å². The summed E-state index contributed by atoms with van der Waals surface area (Å²) in [5, 5.41) is 4.53. The van der Waals surface area contributed by atoms with E-state index in [2.05, 4.69) is 29.3 Å². The molecule has 0 spiro atoms. The number of anilines is 1. The summed E-state index contributed by atoms with van der Waals surface area (Å²) in [6, 6.07) is 10.5. The van der Waals surface area contributed by atoms with Gasteiger partial charge in [0.2, 0.25) is 0 Å². The van der Waals surface area contributed by atoms with Crippen LogP contribution in [-0.4, -0.2) is 24.7 Å². The first-order valence-corrected chi connectivity index (χ1v) is 7.93. The minimum atomic E-state index is 0.717. The first-order valence-electron chi connectivity index (χ1n) is 7.55. The maximum absolute atomic E-state index is 5.99. The molecule has 2 fully saturated rings. The fraction of sp³-hybridized carbons (Fsp3) is 0.625. The summed E-state index contributed by atoms with van der Waals surface area (Å²) in [5.74, 6) is 0. The van der Waals surface area contributed by atoms with Crippen LogP contribution in [0, 0.1) is 0 Å². The van der Waals surface area contributed by atoms with Crippen molar-refractivity contribution in [3.63, 3.8) is 0 Å². The zero-order valence-corrected chi connectivity index (χ0v) is 12.4. The van der Waals surface area contributed by atoms with Crippen molar-refractivity contribution >= 4 is 17.3 Å². The van der Waals surface area contributed by atoms with Crippen LogP contribution in [0.2, 0.25) is 5.02 Å². The summed E-state index contributed by atoms with van der Waals surface area (Å²) in [5.41, 5.74) is 1.35. The lowest BCUT2D eigenvalue weighted by molar-refractivity contribution is 0.357. The number of piperidine rings is 1. The van der Waals surface area contributed by atoms with Gasteiger partial charge in [0.05, 0.1) is 0 Å². The van der Waals surface area contributed by atoms with Crippen molar-refractivity contribution in [2.24, 2.45) is 0 Å². The van der Waals surface area contributed by atoms with Crippen LogP contribution in [0.25, 0.3) is 0 Å². The number of nitrogens with zero attached hydrogens (tertiary/aromatic N) is 1. The minimum Gasteiger partial charge on any atom is -0.365 e. The number of benzene rings is 1. The van der Waals surface area contributed by atoms with Crippen LogP contribution in [-0.2, 0) is 0 Å². The summed E-state index contributed by atoms with van der Waals surface area (Å²) in [6.45, 7) is 3.40. The van der Waals surface area contributed by atoms with E-state index < -0.39 is 0 Å². The molecule has 0 aliphatic carbocycles. The smallest absolute Gasteiger partial charge is 0.0407 e. The van der Waals surface area contributed by atoms with Crippen LogP contribution in [0.15, 0.2) is 24.3 Å². The molecule has 3 rings (SSSR count). The number of hydrogen-bond acceptors (Lipinski definition) is 2. The highest BCUT2D eigenvalue weighted by Crippen LogP contribution is 2.39. The van der Waals surface area contributed by atoms with Gasteiger partial charge in [0.15, 0.2) is 0 Å². The van der Waals surface area contributed by atoms with E-state index in [0.717, 1.165) is 17.6 Å². The molecule has 0 aromatic heterocycles. The molecule has 2 unspecified atom stereocenters. The third kappa shape index (κ3) is 2.75. The summed E-state index contributed by atoms with van der Waals surface area (Å²) < 4.78 is 0. The predicted octanol–water partition coefficient (Wildman–Crippen LogP) is 3.84. The van der Waals surface area contributed by atoms with Crippen LogP contribution in [0.5, 0.6) is 0 Å². The van der Waals surface area contributed by atoms with Gasteiger partial charge in [0.25, 0.3) is 0 Å². The lowest BCUT2D eigenvalue weighted by Crippen LogP contribution is -2.49. The predicted molar refractivity (Wildman–Crippen MR) is 82.1 cm³/mol. The van der Waals surface area contributed by atoms with E-state index in [1.165, 1.54) is 37.8 Å². The van der Waals surface area contributed by atoms with E-state index in [-0.39, 0.29) is 0 Å². The molecule has 104 valence electrons. The van der Waals surface area contributed by atoms with Gasteiger partial charge in [-0.2, -0.15) is 0 Å². The van der Waals surface area contributed by atoms with Crippen molar-refractivity contribution < 1.29 is 0 Å². The Morgan fingerprint density at radius 2 is 1.79 bits per heavy atom. The van der Waals surface area contributed by atoms with Crippen LogP contribution in [0.3, 0.4) is 0 Å². The molecular formula is C16H23ClN2. The number of fused-ring (bicyclic) bond motifs is 2. The topological polar surface area (TPSA) is 15.3 Å². The van der Waals surface area contributed by atoms with Crippen LogP contribution in [0.4, 0.5) is 5.69 Å². The highest BCUT2D eigenvalue weighted by Gasteiger charge is 2.40. The Morgan fingerprint density at radius 1 is 1.16 bits per heavy atom. The summed E-state index contributed by atoms with van der Waals surface area (Å²) >= 11 is 5.99. The molecule has 3 heteroatoms. The number of halogens is 1. The molecule has 2 aliphatic heterocycles. The fourth-order valence-electron chi connectivity index (χ4n) is 3.73. The van der Waals surface area contributed by atoms with Gasteiger partial charge in [-0.25, -0.2) is 0 Å². The Hall–Kier alpha value is -0.730. The Labute approximate surface area is 121 Å². The minimum absolute atomic E-state index is 0.717. The maximum Gasteiger partial charge on any atom is 0.0407 e. The van der Waals surface area contributed by atoms with Crippen molar-refractivity contribution in [3.05, 3.63) is 29.3 Å². The second-order valence-electron chi connectivity index (χ2n) is 5.89. The molecule has 2 heterocycles. The Kier molecular flexibility index (Phi) is 3.99. The van der Waals surface area contributed by atoms with Crippen molar-refractivity contribution in [1.82, 2.24) is 5.32 Å². The molecule has 0 amide bonds. The highest BCUT2D eigenvalue weighted by atomic mass is 35.5. The number of nitrogens with one attached hydrogen (secondary N) is 1. The van der Waals surface area contributed by atoms with Crippen molar-refractivity contribution in [3.8, 4) is 0 Å². The zero-order valence-electron chi connectivity index (χ0n) is 11.6. The molecule has 1 aromatic rings. The van der Waals surface area contributed by atoms with Gasteiger partial charge in [-0.05, 0) is 62.9 Å². The lowest BCUT2D eigenvalue weighted by Gasteiger charge is -2.41. The summed E-state index contributed by atoms with van der Waals surface area (Å²) in [7, 11) is 0. The normalized spacial score (nSPS) is 29.8. The van der Waals surface area contributed by atoms with Gasteiger partial charge in [-0.3, -0.25) is 0 Å². The first-order chi connectivity index (χ1) is 9.28. The largest absolute Gasteiger partial charge is 0.365 e. The SMILES string of the molecule is CCCNC1CC2CCC(C1)N2c1ccc(Cl)cc1. The van der Waals surface area contributed by atoms with Gasteiger partial charge in [0, 0.05) is 28.8 Å². The highest BCUT2D eigenvalue weighted by molar-refractivity contribution is 6.30. The molecule has 2 bridgehead atoms. The van der Waals surface area contributed by atoms with E-state index in [0.29, 0.717) is 12.1 Å². The Bertz CT molecular complexity index is 403. The second-order valence-corrected chi connectivity index (χ2v) is 6.33. The molecule has 2 atom stereocenters. The van der Waals surface area contributed by atoms with E-state index in [9.17, 15) is 0 Å². The van der Waals surface area contributed by atoms with Crippen LogP contribution in [0.1, 0.15) is 39.0 Å². The number of hydrogen-bond donors (Lipinski definition) is 1. The van der Waals surface area contributed by atoms with Crippen LogP contribution < -0.4 is 10.2 Å². The monoisotopic (exact) mass is 278 g/mol. The van der Waals surface area contributed by atoms with Gasteiger partial charge in [-0.1, -0.05) is 18.5 Å². The molecule has 2 saturated heterocycles. The van der Waals surface area contributed by atoms with Gasteiger partial charge in [0.1, 0.15) is 0 Å².